The molecule has 1 aliphatic heterocycles. The standard InChI is InChI=1S/C16H20O4S/c1-19-15(17)9-16(6-7-16)11-21(18)10-13-8-12-4-2-3-5-14(12)20-13/h2-5,13H,6-11H2,1H3. The van der Waals surface area contributed by atoms with Crippen molar-refractivity contribution in [2.45, 2.75) is 31.8 Å². The molecule has 3 rings (SSSR count). The number of hydrogen-bond acceptors (Lipinski definition) is 4. The van der Waals surface area contributed by atoms with Gasteiger partial charge in [-0.05, 0) is 29.9 Å². The summed E-state index contributed by atoms with van der Waals surface area (Å²) in [7, 11) is 0.445. The zero-order chi connectivity index (χ0) is 14.9. The lowest BCUT2D eigenvalue weighted by atomic mass is 10.1. The summed E-state index contributed by atoms with van der Waals surface area (Å²) in [4.78, 5) is 11.4. The Hall–Kier alpha value is -1.36. The van der Waals surface area contributed by atoms with Crippen molar-refractivity contribution in [3.63, 3.8) is 0 Å². The van der Waals surface area contributed by atoms with Crippen LogP contribution in [0.5, 0.6) is 5.75 Å². The Bertz CT molecular complexity index is 540. The number of ether oxygens (including phenoxy) is 2. The van der Waals surface area contributed by atoms with Crippen molar-refractivity contribution in [1.82, 2.24) is 0 Å². The van der Waals surface area contributed by atoms with Crippen LogP contribution in [0.2, 0.25) is 0 Å². The van der Waals surface area contributed by atoms with E-state index in [9.17, 15) is 9.00 Å². The van der Waals surface area contributed by atoms with Crippen LogP contribution in [-0.2, 0) is 26.8 Å². The van der Waals surface area contributed by atoms with Crippen molar-refractivity contribution in [3.8, 4) is 5.75 Å². The van der Waals surface area contributed by atoms with Crippen LogP contribution in [0.15, 0.2) is 24.3 Å². The lowest BCUT2D eigenvalue weighted by Crippen LogP contribution is -2.26. The average Bonchev–Trinajstić information content (AvgIpc) is 3.07. The molecule has 0 amide bonds. The fourth-order valence-electron chi connectivity index (χ4n) is 2.88. The van der Waals surface area contributed by atoms with Crippen molar-refractivity contribution in [2.24, 2.45) is 5.41 Å². The highest BCUT2D eigenvalue weighted by Crippen LogP contribution is 2.49. The van der Waals surface area contributed by atoms with E-state index in [0.29, 0.717) is 17.9 Å². The minimum absolute atomic E-state index is 0.00263. The topological polar surface area (TPSA) is 52.6 Å². The molecule has 0 aromatic heterocycles. The van der Waals surface area contributed by atoms with E-state index >= 15 is 0 Å². The zero-order valence-corrected chi connectivity index (χ0v) is 13.0. The molecule has 0 radical (unpaired) electrons. The Morgan fingerprint density at radius 3 is 2.86 bits per heavy atom. The second kappa shape index (κ2) is 5.79. The Kier molecular flexibility index (Phi) is 4.02. The second-order valence-corrected chi connectivity index (χ2v) is 7.56. The van der Waals surface area contributed by atoms with Gasteiger partial charge in [0.15, 0.2) is 0 Å². The highest BCUT2D eigenvalue weighted by molar-refractivity contribution is 7.85. The van der Waals surface area contributed by atoms with Crippen molar-refractivity contribution in [3.05, 3.63) is 29.8 Å². The molecule has 1 aromatic rings. The lowest BCUT2D eigenvalue weighted by Gasteiger charge is -2.15. The first-order valence-corrected chi connectivity index (χ1v) is 8.75. The third-order valence-electron chi connectivity index (χ3n) is 4.26. The van der Waals surface area contributed by atoms with E-state index in [2.05, 4.69) is 6.07 Å². The van der Waals surface area contributed by atoms with Crippen molar-refractivity contribution in [2.75, 3.05) is 18.6 Å². The van der Waals surface area contributed by atoms with E-state index in [1.165, 1.54) is 12.7 Å². The van der Waals surface area contributed by atoms with Crippen LogP contribution in [-0.4, -0.2) is 34.9 Å². The van der Waals surface area contributed by atoms with E-state index in [1.54, 1.807) is 0 Å². The number of carbonyl (C=O) groups is 1. The van der Waals surface area contributed by atoms with Gasteiger partial charge in [0.25, 0.3) is 0 Å². The number of para-hydroxylation sites is 1. The molecule has 5 heteroatoms. The molecule has 1 aliphatic carbocycles. The van der Waals surface area contributed by atoms with Gasteiger partial charge in [-0.1, -0.05) is 18.2 Å². The summed E-state index contributed by atoms with van der Waals surface area (Å²) in [5, 5.41) is 0. The molecule has 114 valence electrons. The Morgan fingerprint density at radius 2 is 2.19 bits per heavy atom. The number of carbonyl (C=O) groups excluding carboxylic acids is 1. The number of esters is 1. The van der Waals surface area contributed by atoms with Crippen LogP contribution >= 0.6 is 0 Å². The molecule has 4 nitrogen and oxygen atoms in total. The van der Waals surface area contributed by atoms with E-state index in [0.717, 1.165) is 25.0 Å². The molecular weight excluding hydrogens is 288 g/mol. The SMILES string of the molecule is COC(=O)CC1(CS(=O)CC2Cc3ccccc3O2)CC1. The predicted octanol–water partition coefficient (Wildman–Crippen LogP) is 2.08. The van der Waals surface area contributed by atoms with Crippen LogP contribution in [0.3, 0.4) is 0 Å². The summed E-state index contributed by atoms with van der Waals surface area (Å²) in [6, 6.07) is 7.96. The highest BCUT2D eigenvalue weighted by Gasteiger charge is 2.46. The quantitative estimate of drug-likeness (QED) is 0.755. The van der Waals surface area contributed by atoms with Crippen molar-refractivity contribution in [1.29, 1.82) is 0 Å². The first-order valence-electron chi connectivity index (χ1n) is 7.27. The van der Waals surface area contributed by atoms with Gasteiger partial charge >= 0.3 is 5.97 Å². The van der Waals surface area contributed by atoms with Gasteiger partial charge in [0.05, 0.1) is 19.3 Å². The van der Waals surface area contributed by atoms with E-state index in [4.69, 9.17) is 9.47 Å². The highest BCUT2D eigenvalue weighted by atomic mass is 32.2. The maximum atomic E-state index is 12.4. The fourth-order valence-corrected chi connectivity index (χ4v) is 4.67. The van der Waals surface area contributed by atoms with Gasteiger partial charge in [0, 0.05) is 23.0 Å². The number of fused-ring (bicyclic) bond motifs is 1. The van der Waals surface area contributed by atoms with E-state index < -0.39 is 10.8 Å². The summed E-state index contributed by atoms with van der Waals surface area (Å²) in [6.07, 6.45) is 3.16. The molecule has 1 heterocycles. The van der Waals surface area contributed by atoms with Gasteiger partial charge in [-0.15, -0.1) is 0 Å². The van der Waals surface area contributed by atoms with Crippen molar-refractivity contribution >= 4 is 16.8 Å². The molecular formula is C16H20O4S. The number of benzene rings is 1. The van der Waals surface area contributed by atoms with Crippen LogP contribution < -0.4 is 4.74 Å². The largest absolute Gasteiger partial charge is 0.489 e. The third kappa shape index (κ3) is 3.46. The molecule has 1 saturated carbocycles. The average molecular weight is 308 g/mol. The van der Waals surface area contributed by atoms with Gasteiger partial charge in [-0.3, -0.25) is 9.00 Å². The van der Waals surface area contributed by atoms with Crippen molar-refractivity contribution < 1.29 is 18.5 Å². The molecule has 0 saturated heterocycles. The van der Waals surface area contributed by atoms with Crippen LogP contribution in [0, 0.1) is 5.41 Å². The minimum atomic E-state index is -0.956. The summed E-state index contributed by atoms with van der Waals surface area (Å²) in [6.45, 7) is 0. The first kappa shape index (κ1) is 14.6. The number of rotatable bonds is 6. The van der Waals surface area contributed by atoms with E-state index in [-0.39, 0.29) is 17.5 Å². The molecule has 0 bridgehead atoms. The zero-order valence-electron chi connectivity index (χ0n) is 12.2. The minimum Gasteiger partial charge on any atom is -0.489 e. The molecule has 2 unspecified atom stereocenters. The molecule has 1 aromatic carbocycles. The number of methoxy groups -OCH3 is 1. The Morgan fingerprint density at radius 1 is 1.43 bits per heavy atom. The third-order valence-corrected chi connectivity index (χ3v) is 5.93. The maximum absolute atomic E-state index is 12.4. The predicted molar refractivity (Wildman–Crippen MR) is 80.7 cm³/mol. The van der Waals surface area contributed by atoms with Gasteiger partial charge in [-0.2, -0.15) is 0 Å². The fraction of sp³-hybridized carbons (Fsp3) is 0.562. The summed E-state index contributed by atoms with van der Waals surface area (Å²) < 4.78 is 22.9. The van der Waals surface area contributed by atoms with Gasteiger partial charge in [0.2, 0.25) is 0 Å². The van der Waals surface area contributed by atoms with Crippen LogP contribution in [0.1, 0.15) is 24.8 Å². The summed E-state index contributed by atoms with van der Waals surface area (Å²) in [5.41, 5.74) is 1.11. The maximum Gasteiger partial charge on any atom is 0.306 e. The van der Waals surface area contributed by atoms with Crippen LogP contribution in [0.4, 0.5) is 0 Å². The molecule has 1 fully saturated rings. The van der Waals surface area contributed by atoms with Crippen LogP contribution in [0.25, 0.3) is 0 Å². The smallest absolute Gasteiger partial charge is 0.306 e. The number of hydrogen-bond donors (Lipinski definition) is 0. The molecule has 21 heavy (non-hydrogen) atoms. The lowest BCUT2D eigenvalue weighted by molar-refractivity contribution is -0.141. The van der Waals surface area contributed by atoms with Gasteiger partial charge < -0.3 is 9.47 Å². The Labute approximate surface area is 127 Å². The molecule has 0 spiro atoms. The second-order valence-electron chi connectivity index (χ2n) is 6.06. The van der Waals surface area contributed by atoms with Gasteiger partial charge in [-0.25, -0.2) is 0 Å². The summed E-state index contributed by atoms with van der Waals surface area (Å²) >= 11 is 0. The monoisotopic (exact) mass is 308 g/mol. The molecule has 2 aliphatic rings. The summed E-state index contributed by atoms with van der Waals surface area (Å²) in [5.74, 6) is 1.83. The normalized spacial score (nSPS) is 23.0. The van der Waals surface area contributed by atoms with Gasteiger partial charge in [0.1, 0.15) is 11.9 Å². The Balaban J connectivity index is 1.51. The first-order chi connectivity index (χ1) is 10.1. The molecule has 0 N–H and O–H groups in total. The van der Waals surface area contributed by atoms with E-state index in [1.807, 2.05) is 18.2 Å². The molecule has 2 atom stereocenters.